The maximum atomic E-state index is 12.6. The van der Waals surface area contributed by atoms with Crippen LogP contribution in [0, 0.1) is 11.8 Å². The van der Waals surface area contributed by atoms with Gasteiger partial charge in [-0.15, -0.1) is 0 Å². The number of carbonyl (C=O) groups is 2. The Morgan fingerprint density at radius 2 is 1.80 bits per heavy atom. The number of rotatable bonds is 4. The Kier molecular flexibility index (Phi) is 5.83. The molecule has 0 saturated heterocycles. The summed E-state index contributed by atoms with van der Waals surface area (Å²) in [5.74, 6) is 4.08. The fourth-order valence-corrected chi connectivity index (χ4v) is 2.89. The molecule has 0 bridgehead atoms. The average molecular weight is 414 g/mol. The summed E-state index contributed by atoms with van der Waals surface area (Å²) in [7, 11) is 1.58. The molecule has 1 amide bonds. The minimum Gasteiger partial charge on any atom is -0.480 e. The molecular weight excluding hydrogens is 397 g/mol. The van der Waals surface area contributed by atoms with Crippen molar-refractivity contribution >= 4 is 28.5 Å². The second-order valence-corrected chi connectivity index (χ2v) is 6.59. The molecule has 2 aromatic carbocycles. The summed E-state index contributed by atoms with van der Waals surface area (Å²) in [5, 5.41) is 9.85. The molecule has 0 saturated carbocycles. The first-order valence-electron chi connectivity index (χ1n) is 8.88. The molecule has 0 aliphatic heterocycles. The van der Waals surface area contributed by atoms with E-state index in [1.807, 2.05) is 0 Å². The van der Waals surface area contributed by atoms with E-state index in [2.05, 4.69) is 11.8 Å². The van der Waals surface area contributed by atoms with Crippen LogP contribution in [-0.4, -0.2) is 28.6 Å². The number of aromatic nitrogens is 1. The third kappa shape index (κ3) is 4.81. The Bertz CT molecular complexity index is 1150. The standard InChI is InChI=1S/C22H17F3N2O3/c1-26(18-10-7-16-11-12-27(14-21(29)30)19(16)13-18)20(28)4-2-3-15-5-8-17(9-6-15)22(23,24)25/h5-13H,4,14H2,1H3,(H,29,30). The molecule has 0 atom stereocenters. The van der Waals surface area contributed by atoms with Gasteiger partial charge in [-0.25, -0.2) is 0 Å². The zero-order valence-corrected chi connectivity index (χ0v) is 15.9. The Morgan fingerprint density at radius 1 is 1.10 bits per heavy atom. The zero-order chi connectivity index (χ0) is 21.9. The summed E-state index contributed by atoms with van der Waals surface area (Å²) in [6.07, 6.45) is -2.86. The van der Waals surface area contributed by atoms with Crippen LogP contribution in [0.4, 0.5) is 18.9 Å². The average Bonchev–Trinajstić information content (AvgIpc) is 3.08. The molecule has 154 valence electrons. The van der Waals surface area contributed by atoms with E-state index in [1.165, 1.54) is 17.0 Å². The van der Waals surface area contributed by atoms with Crippen LogP contribution in [0.3, 0.4) is 0 Å². The number of fused-ring (bicyclic) bond motifs is 1. The number of carboxylic acid groups (broad SMARTS) is 1. The smallest absolute Gasteiger partial charge is 0.416 e. The van der Waals surface area contributed by atoms with Crippen molar-refractivity contribution in [1.29, 1.82) is 0 Å². The number of aliphatic carboxylic acids is 1. The van der Waals surface area contributed by atoms with Gasteiger partial charge in [-0.3, -0.25) is 9.59 Å². The minimum absolute atomic E-state index is 0.119. The lowest BCUT2D eigenvalue weighted by Crippen LogP contribution is -2.25. The summed E-state index contributed by atoms with van der Waals surface area (Å²) in [6, 6.07) is 11.5. The van der Waals surface area contributed by atoms with Gasteiger partial charge in [0.15, 0.2) is 0 Å². The van der Waals surface area contributed by atoms with Crippen molar-refractivity contribution in [1.82, 2.24) is 4.57 Å². The Balaban J connectivity index is 1.70. The van der Waals surface area contributed by atoms with E-state index in [0.717, 1.165) is 17.5 Å². The highest BCUT2D eigenvalue weighted by Crippen LogP contribution is 2.29. The number of amides is 1. The molecule has 5 nitrogen and oxygen atoms in total. The molecule has 0 unspecified atom stereocenters. The van der Waals surface area contributed by atoms with Crippen LogP contribution in [0.25, 0.3) is 10.9 Å². The number of hydrogen-bond acceptors (Lipinski definition) is 2. The van der Waals surface area contributed by atoms with Crippen LogP contribution in [0.5, 0.6) is 0 Å². The zero-order valence-electron chi connectivity index (χ0n) is 15.9. The van der Waals surface area contributed by atoms with Gasteiger partial charge >= 0.3 is 12.1 Å². The molecule has 1 aromatic heterocycles. The Hall–Kier alpha value is -3.73. The first-order chi connectivity index (χ1) is 14.1. The highest BCUT2D eigenvalue weighted by Gasteiger charge is 2.29. The summed E-state index contributed by atoms with van der Waals surface area (Å²) in [5.41, 5.74) is 0.887. The fourth-order valence-electron chi connectivity index (χ4n) is 2.89. The topological polar surface area (TPSA) is 62.5 Å². The largest absolute Gasteiger partial charge is 0.480 e. The number of halogens is 3. The van der Waals surface area contributed by atoms with E-state index < -0.39 is 17.7 Å². The molecule has 30 heavy (non-hydrogen) atoms. The second kappa shape index (κ2) is 8.33. The lowest BCUT2D eigenvalue weighted by atomic mass is 10.1. The van der Waals surface area contributed by atoms with Crippen LogP contribution in [0.2, 0.25) is 0 Å². The van der Waals surface area contributed by atoms with Gasteiger partial charge in [0.2, 0.25) is 5.91 Å². The summed E-state index contributed by atoms with van der Waals surface area (Å²) in [6.45, 7) is -0.191. The maximum Gasteiger partial charge on any atom is 0.416 e. The molecule has 0 aliphatic carbocycles. The van der Waals surface area contributed by atoms with Crippen molar-refractivity contribution < 1.29 is 27.9 Å². The number of nitrogens with zero attached hydrogens (tertiary/aromatic N) is 2. The molecule has 0 aliphatic rings. The van der Waals surface area contributed by atoms with E-state index in [1.54, 1.807) is 42.1 Å². The predicted molar refractivity (Wildman–Crippen MR) is 106 cm³/mol. The molecule has 0 fully saturated rings. The minimum atomic E-state index is -4.41. The van der Waals surface area contributed by atoms with Crippen LogP contribution >= 0.6 is 0 Å². The Labute approximate surface area is 170 Å². The van der Waals surface area contributed by atoms with Gasteiger partial charge in [0.05, 0.1) is 17.5 Å². The van der Waals surface area contributed by atoms with E-state index >= 15 is 0 Å². The van der Waals surface area contributed by atoms with Crippen molar-refractivity contribution in [3.8, 4) is 11.8 Å². The van der Waals surface area contributed by atoms with E-state index in [4.69, 9.17) is 5.11 Å². The summed E-state index contributed by atoms with van der Waals surface area (Å²) < 4.78 is 39.3. The van der Waals surface area contributed by atoms with E-state index in [9.17, 15) is 22.8 Å². The normalized spacial score (nSPS) is 11.1. The number of hydrogen-bond donors (Lipinski definition) is 1. The van der Waals surface area contributed by atoms with Crippen molar-refractivity contribution in [2.75, 3.05) is 11.9 Å². The van der Waals surface area contributed by atoms with Crippen LogP contribution in [-0.2, 0) is 22.3 Å². The highest BCUT2D eigenvalue weighted by atomic mass is 19.4. The quantitative estimate of drug-likeness (QED) is 0.653. The van der Waals surface area contributed by atoms with E-state index in [0.29, 0.717) is 16.8 Å². The monoisotopic (exact) mass is 414 g/mol. The lowest BCUT2D eigenvalue weighted by molar-refractivity contribution is -0.138. The van der Waals surface area contributed by atoms with Crippen LogP contribution in [0.15, 0.2) is 54.7 Å². The van der Waals surface area contributed by atoms with Gasteiger partial charge in [0.25, 0.3) is 0 Å². The van der Waals surface area contributed by atoms with Crippen molar-refractivity contribution in [3.63, 3.8) is 0 Å². The molecule has 1 N–H and O–H groups in total. The SMILES string of the molecule is CN(C(=O)CC#Cc1ccc(C(F)(F)F)cc1)c1ccc2ccn(CC(=O)O)c2c1. The van der Waals surface area contributed by atoms with Crippen LogP contribution < -0.4 is 4.90 Å². The molecule has 3 aromatic rings. The van der Waals surface area contributed by atoms with Crippen LogP contribution in [0.1, 0.15) is 17.5 Å². The van der Waals surface area contributed by atoms with Crippen molar-refractivity contribution in [2.24, 2.45) is 0 Å². The molecule has 8 heteroatoms. The third-order valence-electron chi connectivity index (χ3n) is 4.51. The third-order valence-corrected chi connectivity index (χ3v) is 4.51. The molecular formula is C22H17F3N2O3. The summed E-state index contributed by atoms with van der Waals surface area (Å²) in [4.78, 5) is 24.8. The highest BCUT2D eigenvalue weighted by molar-refractivity contribution is 5.96. The number of alkyl halides is 3. The molecule has 1 heterocycles. The van der Waals surface area contributed by atoms with Crippen molar-refractivity contribution in [2.45, 2.75) is 19.1 Å². The second-order valence-electron chi connectivity index (χ2n) is 6.59. The lowest BCUT2D eigenvalue weighted by Gasteiger charge is -2.16. The Morgan fingerprint density at radius 3 is 2.43 bits per heavy atom. The van der Waals surface area contributed by atoms with Gasteiger partial charge in [-0.05, 0) is 47.9 Å². The number of carbonyl (C=O) groups excluding carboxylic acids is 1. The van der Waals surface area contributed by atoms with Gasteiger partial charge in [0, 0.05) is 24.5 Å². The number of carboxylic acids is 1. The fraction of sp³-hybridized carbons (Fsp3) is 0.182. The maximum absolute atomic E-state index is 12.6. The number of anilines is 1. The van der Waals surface area contributed by atoms with E-state index in [-0.39, 0.29) is 18.9 Å². The predicted octanol–water partition coefficient (Wildman–Crippen LogP) is 4.15. The molecule has 0 radical (unpaired) electrons. The summed E-state index contributed by atoms with van der Waals surface area (Å²) >= 11 is 0. The van der Waals surface area contributed by atoms with Gasteiger partial charge in [0.1, 0.15) is 6.54 Å². The number of benzene rings is 2. The van der Waals surface area contributed by atoms with Gasteiger partial charge < -0.3 is 14.6 Å². The van der Waals surface area contributed by atoms with Gasteiger partial charge in [-0.2, -0.15) is 13.2 Å². The molecule has 0 spiro atoms. The molecule has 3 rings (SSSR count). The van der Waals surface area contributed by atoms with Gasteiger partial charge in [-0.1, -0.05) is 17.9 Å². The first-order valence-corrected chi connectivity index (χ1v) is 8.88. The first kappa shape index (κ1) is 21.0. The van der Waals surface area contributed by atoms with Crippen molar-refractivity contribution in [3.05, 3.63) is 65.9 Å².